The number of hydrogen-bond donors (Lipinski definition) is 2. The van der Waals surface area contributed by atoms with Gasteiger partial charge >= 0.3 is 5.97 Å². The Labute approximate surface area is 181 Å². The Hall–Kier alpha value is -3.74. The molecule has 2 aromatic rings. The lowest BCUT2D eigenvalue weighted by atomic mass is 9.80. The van der Waals surface area contributed by atoms with E-state index in [9.17, 15) is 9.59 Å². The Morgan fingerprint density at radius 1 is 0.903 bits per heavy atom. The summed E-state index contributed by atoms with van der Waals surface area (Å²) in [7, 11) is 4.43. The molecule has 1 amide bonds. The third kappa shape index (κ3) is 4.40. The Bertz CT molecular complexity index is 1070. The molecule has 0 aliphatic carbocycles. The van der Waals surface area contributed by atoms with Crippen molar-refractivity contribution in [3.05, 3.63) is 76.6 Å². The van der Waals surface area contributed by atoms with Gasteiger partial charge in [0.25, 0.3) is 5.91 Å². The zero-order chi connectivity index (χ0) is 22.5. The van der Waals surface area contributed by atoms with Crippen molar-refractivity contribution in [1.82, 2.24) is 5.32 Å². The van der Waals surface area contributed by atoms with Crippen LogP contribution in [0.3, 0.4) is 0 Å². The molecule has 0 bridgehead atoms. The lowest BCUT2D eigenvalue weighted by Crippen LogP contribution is -2.33. The molecule has 1 unspecified atom stereocenters. The van der Waals surface area contributed by atoms with Crippen molar-refractivity contribution in [3.8, 4) is 11.5 Å². The van der Waals surface area contributed by atoms with Crippen LogP contribution in [0.4, 0.5) is 5.69 Å². The molecule has 0 saturated heterocycles. The Morgan fingerprint density at radius 2 is 1.61 bits per heavy atom. The van der Waals surface area contributed by atoms with E-state index in [1.165, 1.54) is 14.2 Å². The highest BCUT2D eigenvalue weighted by molar-refractivity contribution is 6.09. The van der Waals surface area contributed by atoms with Crippen LogP contribution in [0, 0.1) is 0 Å². The van der Waals surface area contributed by atoms with E-state index in [2.05, 4.69) is 10.6 Å². The zero-order valence-electron chi connectivity index (χ0n) is 18.2. The lowest BCUT2D eigenvalue weighted by molar-refractivity contribution is -0.136. The standard InChI is InChI=1S/C24H26N2O5/c1-14-20(23(27)26-18-11-6-7-12-19(18)30-4)22(16-9-8-10-17(13-16)29-3)21(15(2)25-14)24(28)31-5/h6-13,22,25H,1-5H3,(H,26,27). The minimum atomic E-state index is -0.640. The number of dihydropyridines is 1. The highest BCUT2D eigenvalue weighted by atomic mass is 16.5. The summed E-state index contributed by atoms with van der Waals surface area (Å²) < 4.78 is 15.8. The van der Waals surface area contributed by atoms with Gasteiger partial charge in [-0.05, 0) is 43.7 Å². The number of carbonyl (C=O) groups excluding carboxylic acids is 2. The molecule has 162 valence electrons. The summed E-state index contributed by atoms with van der Waals surface area (Å²) >= 11 is 0. The number of amides is 1. The average Bonchev–Trinajstić information content (AvgIpc) is 2.78. The molecule has 0 saturated carbocycles. The number of allylic oxidation sites excluding steroid dienone is 2. The molecule has 7 heteroatoms. The first kappa shape index (κ1) is 22.0. The zero-order valence-corrected chi connectivity index (χ0v) is 18.2. The molecular weight excluding hydrogens is 396 g/mol. The fourth-order valence-corrected chi connectivity index (χ4v) is 3.77. The maximum absolute atomic E-state index is 13.5. The molecule has 7 nitrogen and oxygen atoms in total. The van der Waals surface area contributed by atoms with E-state index in [1.54, 1.807) is 26.2 Å². The quantitative estimate of drug-likeness (QED) is 0.690. The van der Waals surface area contributed by atoms with Crippen molar-refractivity contribution in [2.24, 2.45) is 0 Å². The lowest BCUT2D eigenvalue weighted by Gasteiger charge is -2.31. The van der Waals surface area contributed by atoms with Crippen molar-refractivity contribution >= 4 is 17.6 Å². The third-order valence-corrected chi connectivity index (χ3v) is 5.19. The van der Waals surface area contributed by atoms with Crippen LogP contribution in [-0.4, -0.2) is 33.2 Å². The Balaban J connectivity index is 2.12. The van der Waals surface area contributed by atoms with E-state index in [-0.39, 0.29) is 5.91 Å². The fourth-order valence-electron chi connectivity index (χ4n) is 3.77. The number of rotatable bonds is 6. The molecule has 1 atom stereocenters. The van der Waals surface area contributed by atoms with E-state index in [0.717, 1.165) is 5.56 Å². The van der Waals surface area contributed by atoms with E-state index < -0.39 is 11.9 Å². The topological polar surface area (TPSA) is 85.9 Å². The number of carbonyl (C=O) groups is 2. The van der Waals surface area contributed by atoms with Gasteiger partial charge in [0.1, 0.15) is 11.5 Å². The van der Waals surface area contributed by atoms with E-state index in [0.29, 0.717) is 39.7 Å². The van der Waals surface area contributed by atoms with Gasteiger partial charge in [-0.2, -0.15) is 0 Å². The number of hydrogen-bond acceptors (Lipinski definition) is 6. The molecule has 1 aliphatic heterocycles. The van der Waals surface area contributed by atoms with Crippen LogP contribution in [-0.2, 0) is 14.3 Å². The largest absolute Gasteiger partial charge is 0.497 e. The van der Waals surface area contributed by atoms with Gasteiger partial charge in [-0.25, -0.2) is 4.79 Å². The summed E-state index contributed by atoms with van der Waals surface area (Å²) in [5.74, 6) is -0.335. The molecule has 0 fully saturated rings. The van der Waals surface area contributed by atoms with Crippen LogP contribution >= 0.6 is 0 Å². The fraction of sp³-hybridized carbons (Fsp3) is 0.250. The SMILES string of the molecule is COC(=O)C1=C(C)NC(C)=C(C(=O)Nc2ccccc2OC)C1c1cccc(OC)c1. The number of benzene rings is 2. The monoisotopic (exact) mass is 422 g/mol. The number of para-hydroxylation sites is 2. The number of nitrogens with one attached hydrogen (secondary N) is 2. The maximum atomic E-state index is 13.5. The summed E-state index contributed by atoms with van der Waals surface area (Å²) in [5, 5.41) is 6.07. The summed E-state index contributed by atoms with van der Waals surface area (Å²) in [5.41, 5.74) is 3.32. The number of ether oxygens (including phenoxy) is 3. The second-order valence-electron chi connectivity index (χ2n) is 7.06. The second-order valence-corrected chi connectivity index (χ2v) is 7.06. The number of methoxy groups -OCH3 is 3. The van der Waals surface area contributed by atoms with Crippen LogP contribution in [0.5, 0.6) is 11.5 Å². The predicted molar refractivity (Wildman–Crippen MR) is 118 cm³/mol. The third-order valence-electron chi connectivity index (χ3n) is 5.19. The summed E-state index contributed by atoms with van der Waals surface area (Å²) in [4.78, 5) is 26.2. The second kappa shape index (κ2) is 9.38. The maximum Gasteiger partial charge on any atom is 0.336 e. The van der Waals surface area contributed by atoms with Gasteiger partial charge in [0.2, 0.25) is 0 Å². The first-order valence-electron chi connectivity index (χ1n) is 9.76. The van der Waals surface area contributed by atoms with E-state index >= 15 is 0 Å². The molecular formula is C24H26N2O5. The first-order valence-corrected chi connectivity index (χ1v) is 9.76. The minimum absolute atomic E-state index is 0.351. The van der Waals surface area contributed by atoms with Crippen molar-refractivity contribution in [2.45, 2.75) is 19.8 Å². The normalized spacial score (nSPS) is 15.8. The molecule has 1 aliphatic rings. The van der Waals surface area contributed by atoms with Crippen LogP contribution in [0.1, 0.15) is 25.3 Å². The molecule has 2 aromatic carbocycles. The first-order chi connectivity index (χ1) is 14.9. The summed E-state index contributed by atoms with van der Waals surface area (Å²) in [6.45, 7) is 3.60. The smallest absolute Gasteiger partial charge is 0.336 e. The highest BCUT2D eigenvalue weighted by Gasteiger charge is 2.37. The van der Waals surface area contributed by atoms with Crippen molar-refractivity contribution in [1.29, 1.82) is 0 Å². The van der Waals surface area contributed by atoms with Gasteiger partial charge in [0.15, 0.2) is 0 Å². The minimum Gasteiger partial charge on any atom is -0.497 e. The molecule has 0 radical (unpaired) electrons. The van der Waals surface area contributed by atoms with Crippen molar-refractivity contribution < 1.29 is 23.8 Å². The van der Waals surface area contributed by atoms with Gasteiger partial charge in [0, 0.05) is 17.0 Å². The summed E-state index contributed by atoms with van der Waals surface area (Å²) in [6.07, 6.45) is 0. The van der Waals surface area contributed by atoms with E-state index in [4.69, 9.17) is 14.2 Å². The predicted octanol–water partition coefficient (Wildman–Crippen LogP) is 3.75. The van der Waals surface area contributed by atoms with Crippen LogP contribution < -0.4 is 20.1 Å². The van der Waals surface area contributed by atoms with E-state index in [1.807, 2.05) is 43.3 Å². The van der Waals surface area contributed by atoms with Gasteiger partial charge in [0.05, 0.1) is 38.5 Å². The van der Waals surface area contributed by atoms with Crippen LogP contribution in [0.2, 0.25) is 0 Å². The molecule has 1 heterocycles. The molecule has 31 heavy (non-hydrogen) atoms. The summed E-state index contributed by atoms with van der Waals surface area (Å²) in [6, 6.07) is 14.5. The van der Waals surface area contributed by atoms with Gasteiger partial charge in [-0.1, -0.05) is 24.3 Å². The number of esters is 1. The average molecular weight is 422 g/mol. The van der Waals surface area contributed by atoms with Crippen molar-refractivity contribution in [3.63, 3.8) is 0 Å². The van der Waals surface area contributed by atoms with Gasteiger partial charge < -0.3 is 24.8 Å². The van der Waals surface area contributed by atoms with Gasteiger partial charge in [-0.3, -0.25) is 4.79 Å². The van der Waals surface area contributed by atoms with Crippen LogP contribution in [0.25, 0.3) is 0 Å². The molecule has 3 rings (SSSR count). The van der Waals surface area contributed by atoms with Crippen LogP contribution in [0.15, 0.2) is 71.1 Å². The molecule has 0 aromatic heterocycles. The highest BCUT2D eigenvalue weighted by Crippen LogP contribution is 2.40. The van der Waals surface area contributed by atoms with Gasteiger partial charge in [-0.15, -0.1) is 0 Å². The number of anilines is 1. The van der Waals surface area contributed by atoms with Crippen molar-refractivity contribution in [2.75, 3.05) is 26.6 Å². The Morgan fingerprint density at radius 3 is 2.29 bits per heavy atom. The molecule has 0 spiro atoms. The molecule has 2 N–H and O–H groups in total. The Kier molecular flexibility index (Phi) is 6.65.